The van der Waals surface area contributed by atoms with Crippen molar-refractivity contribution in [2.24, 2.45) is 0 Å². The first kappa shape index (κ1) is 15.4. The number of nitrogens with zero attached hydrogens (tertiary/aromatic N) is 1. The zero-order valence-corrected chi connectivity index (χ0v) is 13.1. The number of ether oxygens (including phenoxy) is 1. The fourth-order valence-electron chi connectivity index (χ4n) is 2.06. The first-order valence-corrected chi connectivity index (χ1v) is 7.95. The number of hydrogen-bond donors (Lipinski definition) is 1. The molecule has 1 aromatic carbocycles. The summed E-state index contributed by atoms with van der Waals surface area (Å²) in [6, 6.07) is 6.14. The van der Waals surface area contributed by atoms with Gasteiger partial charge in [-0.1, -0.05) is 0 Å². The van der Waals surface area contributed by atoms with Crippen molar-refractivity contribution in [3.8, 4) is 0 Å². The summed E-state index contributed by atoms with van der Waals surface area (Å²) in [6.45, 7) is 1.52. The SMILES string of the molecule is C[C@H](OC(=O)c1cc2cc([N+](=O)[O-])ccc2s1)C(=O)NC1CC1. The molecule has 3 rings (SSSR count). The van der Waals surface area contributed by atoms with Crippen LogP contribution in [0.15, 0.2) is 24.3 Å². The van der Waals surface area contributed by atoms with Crippen LogP contribution in [0.3, 0.4) is 0 Å². The van der Waals surface area contributed by atoms with Gasteiger partial charge in [0.05, 0.1) is 4.92 Å². The van der Waals surface area contributed by atoms with E-state index in [9.17, 15) is 19.7 Å². The molecule has 120 valence electrons. The number of carbonyl (C=O) groups is 2. The van der Waals surface area contributed by atoms with Crippen molar-refractivity contribution in [3.63, 3.8) is 0 Å². The summed E-state index contributed by atoms with van der Waals surface area (Å²) in [5, 5.41) is 14.1. The van der Waals surface area contributed by atoms with E-state index in [4.69, 9.17) is 4.74 Å². The molecule has 1 heterocycles. The Labute approximate surface area is 135 Å². The number of nitrogens with one attached hydrogen (secondary N) is 1. The van der Waals surface area contributed by atoms with Crippen molar-refractivity contribution >= 4 is 39.0 Å². The van der Waals surface area contributed by atoms with Crippen LogP contribution >= 0.6 is 11.3 Å². The van der Waals surface area contributed by atoms with Crippen molar-refractivity contribution in [3.05, 3.63) is 39.3 Å². The molecule has 7 nitrogen and oxygen atoms in total. The van der Waals surface area contributed by atoms with Crippen LogP contribution in [0.25, 0.3) is 10.1 Å². The summed E-state index contributed by atoms with van der Waals surface area (Å²) in [6.07, 6.45) is 1.05. The molecule has 0 radical (unpaired) electrons. The molecule has 0 spiro atoms. The number of thiophene rings is 1. The minimum Gasteiger partial charge on any atom is -0.448 e. The maximum atomic E-state index is 12.1. The summed E-state index contributed by atoms with van der Waals surface area (Å²) in [4.78, 5) is 34.5. The molecular formula is C15H14N2O5S. The molecule has 1 fully saturated rings. The number of benzene rings is 1. The Morgan fingerprint density at radius 3 is 2.78 bits per heavy atom. The summed E-state index contributed by atoms with van der Waals surface area (Å²) < 4.78 is 5.91. The van der Waals surface area contributed by atoms with Crippen LogP contribution in [0.1, 0.15) is 29.4 Å². The van der Waals surface area contributed by atoms with Crippen molar-refractivity contribution in [1.29, 1.82) is 0 Å². The van der Waals surface area contributed by atoms with E-state index >= 15 is 0 Å². The zero-order valence-electron chi connectivity index (χ0n) is 12.3. The minimum absolute atomic E-state index is 0.0348. The second kappa shape index (κ2) is 5.96. The number of carbonyl (C=O) groups excluding carboxylic acids is 2. The number of hydrogen-bond acceptors (Lipinski definition) is 6. The Morgan fingerprint density at radius 2 is 2.13 bits per heavy atom. The van der Waals surface area contributed by atoms with Gasteiger partial charge in [0.2, 0.25) is 0 Å². The monoisotopic (exact) mass is 334 g/mol. The normalized spacial score (nSPS) is 15.2. The maximum absolute atomic E-state index is 12.1. The average Bonchev–Trinajstić information content (AvgIpc) is 3.21. The molecule has 0 aliphatic heterocycles. The van der Waals surface area contributed by atoms with Crippen LogP contribution in [-0.4, -0.2) is 28.9 Å². The fourth-order valence-corrected chi connectivity index (χ4v) is 2.99. The first-order chi connectivity index (χ1) is 10.9. The molecule has 1 N–H and O–H groups in total. The number of fused-ring (bicyclic) bond motifs is 1. The Bertz CT molecular complexity index is 796. The Balaban J connectivity index is 1.72. The summed E-state index contributed by atoms with van der Waals surface area (Å²) in [5.74, 6) is -0.912. The molecular weight excluding hydrogens is 320 g/mol. The molecule has 23 heavy (non-hydrogen) atoms. The van der Waals surface area contributed by atoms with Gasteiger partial charge in [-0.25, -0.2) is 4.79 Å². The number of esters is 1. The van der Waals surface area contributed by atoms with E-state index in [2.05, 4.69) is 5.32 Å². The van der Waals surface area contributed by atoms with Gasteiger partial charge in [-0.05, 0) is 31.9 Å². The molecule has 1 aromatic heterocycles. The summed E-state index contributed by atoms with van der Waals surface area (Å²) >= 11 is 1.18. The number of nitro groups is 1. The fraction of sp³-hybridized carbons (Fsp3) is 0.333. The van der Waals surface area contributed by atoms with Crippen LogP contribution in [0, 0.1) is 10.1 Å². The lowest BCUT2D eigenvalue weighted by molar-refractivity contribution is -0.384. The average molecular weight is 334 g/mol. The molecule has 0 bridgehead atoms. The van der Waals surface area contributed by atoms with Gasteiger partial charge in [0.1, 0.15) is 4.88 Å². The lowest BCUT2D eigenvalue weighted by Crippen LogP contribution is -2.36. The molecule has 1 aliphatic rings. The maximum Gasteiger partial charge on any atom is 0.349 e. The largest absolute Gasteiger partial charge is 0.448 e. The first-order valence-electron chi connectivity index (χ1n) is 7.13. The molecule has 0 saturated heterocycles. The number of nitro benzene ring substituents is 1. The van der Waals surface area contributed by atoms with Crippen molar-refractivity contribution in [2.75, 3.05) is 0 Å². The smallest absolute Gasteiger partial charge is 0.349 e. The molecule has 1 saturated carbocycles. The van der Waals surface area contributed by atoms with Gasteiger partial charge in [0.15, 0.2) is 6.10 Å². The zero-order chi connectivity index (χ0) is 16.6. The van der Waals surface area contributed by atoms with Crippen molar-refractivity contribution in [1.82, 2.24) is 5.32 Å². The van der Waals surface area contributed by atoms with E-state index in [0.717, 1.165) is 17.5 Å². The van der Waals surface area contributed by atoms with Gasteiger partial charge in [-0.15, -0.1) is 11.3 Å². The Morgan fingerprint density at radius 1 is 1.39 bits per heavy atom. The molecule has 1 amide bonds. The number of rotatable bonds is 5. The lowest BCUT2D eigenvalue weighted by Gasteiger charge is -2.12. The van der Waals surface area contributed by atoms with Crippen molar-refractivity contribution < 1.29 is 19.2 Å². The van der Waals surface area contributed by atoms with Gasteiger partial charge in [-0.3, -0.25) is 14.9 Å². The predicted octanol–water partition coefficient (Wildman–Crippen LogP) is 2.63. The molecule has 8 heteroatoms. The third-order valence-corrected chi connectivity index (χ3v) is 4.58. The van der Waals surface area contributed by atoms with Crippen LogP contribution in [0.4, 0.5) is 5.69 Å². The standard InChI is InChI=1S/C15H14N2O5S/c1-8(14(18)16-10-2-3-10)22-15(19)13-7-9-6-11(17(20)21)4-5-12(9)23-13/h4-8,10H,2-3H2,1H3,(H,16,18)/t8-/m0/s1. The van der Waals surface area contributed by atoms with Crippen LogP contribution in [0.5, 0.6) is 0 Å². The quantitative estimate of drug-likeness (QED) is 0.515. The second-order valence-corrected chi connectivity index (χ2v) is 6.50. The highest BCUT2D eigenvalue weighted by atomic mass is 32.1. The molecule has 2 aromatic rings. The minimum atomic E-state index is -0.873. The number of non-ortho nitro benzene ring substituents is 1. The third kappa shape index (κ3) is 3.48. The van der Waals surface area contributed by atoms with Crippen LogP contribution in [0.2, 0.25) is 0 Å². The second-order valence-electron chi connectivity index (χ2n) is 5.42. The van der Waals surface area contributed by atoms with Gasteiger partial charge in [0.25, 0.3) is 11.6 Å². The van der Waals surface area contributed by atoms with E-state index in [1.54, 1.807) is 12.1 Å². The van der Waals surface area contributed by atoms with E-state index in [0.29, 0.717) is 10.3 Å². The van der Waals surface area contributed by atoms with Crippen molar-refractivity contribution in [2.45, 2.75) is 31.9 Å². The Hall–Kier alpha value is -2.48. The van der Waals surface area contributed by atoms with Gasteiger partial charge < -0.3 is 10.1 Å². The highest BCUT2D eigenvalue weighted by Gasteiger charge is 2.27. The van der Waals surface area contributed by atoms with E-state index < -0.39 is 17.0 Å². The highest BCUT2D eigenvalue weighted by molar-refractivity contribution is 7.20. The van der Waals surface area contributed by atoms with E-state index in [-0.39, 0.29) is 17.6 Å². The van der Waals surface area contributed by atoms with Crippen LogP contribution < -0.4 is 5.32 Å². The van der Waals surface area contributed by atoms with E-state index in [1.807, 2.05) is 0 Å². The predicted molar refractivity (Wildman–Crippen MR) is 84.5 cm³/mol. The van der Waals surface area contributed by atoms with Gasteiger partial charge >= 0.3 is 5.97 Å². The molecule has 1 aliphatic carbocycles. The summed E-state index contributed by atoms with van der Waals surface area (Å²) in [5.41, 5.74) is -0.0348. The van der Waals surface area contributed by atoms with Crippen LogP contribution in [-0.2, 0) is 9.53 Å². The van der Waals surface area contributed by atoms with Gasteiger partial charge in [0, 0.05) is 28.3 Å². The number of amides is 1. The van der Waals surface area contributed by atoms with Gasteiger partial charge in [-0.2, -0.15) is 0 Å². The topological polar surface area (TPSA) is 98.5 Å². The highest BCUT2D eigenvalue weighted by Crippen LogP contribution is 2.29. The summed E-state index contributed by atoms with van der Waals surface area (Å²) in [7, 11) is 0. The Kier molecular flexibility index (Phi) is 3.99. The third-order valence-electron chi connectivity index (χ3n) is 3.49. The molecule has 0 unspecified atom stereocenters. The lowest BCUT2D eigenvalue weighted by atomic mass is 10.2. The molecule has 1 atom stereocenters. The van der Waals surface area contributed by atoms with E-state index in [1.165, 1.54) is 30.4 Å².